The molecule has 1 atom stereocenters. The molecule has 1 fully saturated rings. The van der Waals surface area contributed by atoms with Crippen molar-refractivity contribution >= 4 is 28.9 Å². The number of rotatable bonds is 3. The molecule has 5 heteroatoms. The van der Waals surface area contributed by atoms with Crippen LogP contribution >= 0.6 is 22.9 Å². The first-order valence-corrected chi connectivity index (χ1v) is 6.57. The molecule has 0 amide bonds. The number of carboxylic acid groups (broad SMARTS) is 1. The predicted molar refractivity (Wildman–Crippen MR) is 65.0 cm³/mol. The van der Waals surface area contributed by atoms with Crippen LogP contribution in [0.15, 0.2) is 12.1 Å². The van der Waals surface area contributed by atoms with Gasteiger partial charge in [0.1, 0.15) is 6.04 Å². The number of carbonyl (C=O) groups is 1. The van der Waals surface area contributed by atoms with Gasteiger partial charge in [0.25, 0.3) is 0 Å². The van der Waals surface area contributed by atoms with Crippen molar-refractivity contribution in [3.8, 4) is 0 Å². The molecule has 1 N–H and O–H groups in total. The summed E-state index contributed by atoms with van der Waals surface area (Å²) < 4.78 is 0.763. The molecular weight excluding hydrogens is 246 g/mol. The Morgan fingerprint density at radius 2 is 2.38 bits per heavy atom. The van der Waals surface area contributed by atoms with E-state index >= 15 is 0 Å². The summed E-state index contributed by atoms with van der Waals surface area (Å²) in [6, 6.07) is 3.51. The van der Waals surface area contributed by atoms with E-state index in [4.69, 9.17) is 16.7 Å². The highest BCUT2D eigenvalue weighted by molar-refractivity contribution is 7.16. The first-order valence-electron chi connectivity index (χ1n) is 5.38. The molecule has 0 aromatic carbocycles. The Balaban J connectivity index is 2.03. The molecule has 0 aliphatic carbocycles. The van der Waals surface area contributed by atoms with Crippen LogP contribution in [0.3, 0.4) is 0 Å². The van der Waals surface area contributed by atoms with Gasteiger partial charge in [0.2, 0.25) is 0 Å². The molecule has 2 heterocycles. The van der Waals surface area contributed by atoms with E-state index in [9.17, 15) is 4.79 Å². The maximum absolute atomic E-state index is 11.1. The summed E-state index contributed by atoms with van der Waals surface area (Å²) in [5.74, 6) is -0.706. The molecule has 0 spiro atoms. The van der Waals surface area contributed by atoms with E-state index in [-0.39, 0.29) is 6.04 Å². The highest BCUT2D eigenvalue weighted by Crippen LogP contribution is 2.26. The van der Waals surface area contributed by atoms with Gasteiger partial charge in [0.05, 0.1) is 4.34 Å². The molecule has 0 saturated carbocycles. The van der Waals surface area contributed by atoms with Crippen molar-refractivity contribution in [2.75, 3.05) is 6.54 Å². The summed E-state index contributed by atoms with van der Waals surface area (Å²) in [4.78, 5) is 14.3. The molecule has 1 aromatic rings. The smallest absolute Gasteiger partial charge is 0.320 e. The first kappa shape index (κ1) is 11.9. The summed E-state index contributed by atoms with van der Waals surface area (Å²) in [5.41, 5.74) is 0. The minimum Gasteiger partial charge on any atom is -0.480 e. The molecule has 1 aliphatic heterocycles. The van der Waals surface area contributed by atoms with E-state index in [0.717, 1.165) is 35.0 Å². The largest absolute Gasteiger partial charge is 0.480 e. The quantitative estimate of drug-likeness (QED) is 0.908. The molecule has 16 heavy (non-hydrogen) atoms. The van der Waals surface area contributed by atoms with Crippen molar-refractivity contribution in [3.63, 3.8) is 0 Å². The van der Waals surface area contributed by atoms with Gasteiger partial charge >= 0.3 is 5.97 Å². The highest BCUT2D eigenvalue weighted by Gasteiger charge is 2.28. The van der Waals surface area contributed by atoms with Gasteiger partial charge < -0.3 is 5.11 Å². The second kappa shape index (κ2) is 5.17. The number of piperidine rings is 1. The lowest BCUT2D eigenvalue weighted by Gasteiger charge is -2.32. The molecule has 1 unspecified atom stereocenters. The minimum atomic E-state index is -0.706. The molecule has 0 radical (unpaired) electrons. The van der Waals surface area contributed by atoms with Gasteiger partial charge in [-0.25, -0.2) is 0 Å². The average Bonchev–Trinajstić information content (AvgIpc) is 2.64. The van der Waals surface area contributed by atoms with Gasteiger partial charge in [-0.3, -0.25) is 9.69 Å². The molecule has 2 rings (SSSR count). The Hall–Kier alpha value is -0.580. The number of halogens is 1. The third-order valence-corrected chi connectivity index (χ3v) is 4.10. The van der Waals surface area contributed by atoms with Crippen molar-refractivity contribution in [3.05, 3.63) is 21.3 Å². The van der Waals surface area contributed by atoms with E-state index in [0.29, 0.717) is 6.54 Å². The van der Waals surface area contributed by atoms with Crippen molar-refractivity contribution in [2.45, 2.75) is 31.8 Å². The predicted octanol–water partition coefficient (Wildman–Crippen LogP) is 2.84. The Morgan fingerprint density at radius 3 is 3.00 bits per heavy atom. The lowest BCUT2D eigenvalue weighted by atomic mass is 10.0. The van der Waals surface area contributed by atoms with E-state index < -0.39 is 5.97 Å². The third kappa shape index (κ3) is 2.75. The summed E-state index contributed by atoms with van der Waals surface area (Å²) in [7, 11) is 0. The number of hydrogen-bond donors (Lipinski definition) is 1. The number of likely N-dealkylation sites (tertiary alicyclic amines) is 1. The first-order chi connectivity index (χ1) is 7.66. The molecule has 3 nitrogen and oxygen atoms in total. The van der Waals surface area contributed by atoms with Crippen LogP contribution in [0.25, 0.3) is 0 Å². The summed E-state index contributed by atoms with van der Waals surface area (Å²) in [6.07, 6.45) is 2.86. The van der Waals surface area contributed by atoms with Crippen molar-refractivity contribution in [1.82, 2.24) is 4.90 Å². The Morgan fingerprint density at radius 1 is 1.56 bits per heavy atom. The van der Waals surface area contributed by atoms with Crippen LogP contribution in [0.2, 0.25) is 4.34 Å². The molecule has 0 bridgehead atoms. The van der Waals surface area contributed by atoms with E-state index in [1.165, 1.54) is 11.3 Å². The van der Waals surface area contributed by atoms with Gasteiger partial charge in [0, 0.05) is 11.4 Å². The Bertz CT molecular complexity index is 380. The molecule has 88 valence electrons. The fourth-order valence-electron chi connectivity index (χ4n) is 2.10. The monoisotopic (exact) mass is 259 g/mol. The van der Waals surface area contributed by atoms with Gasteiger partial charge in [-0.2, -0.15) is 0 Å². The van der Waals surface area contributed by atoms with Crippen LogP contribution in [0.5, 0.6) is 0 Å². The average molecular weight is 260 g/mol. The van der Waals surface area contributed by atoms with Crippen LogP contribution in [0, 0.1) is 0 Å². The zero-order valence-corrected chi connectivity index (χ0v) is 10.4. The number of carboxylic acids is 1. The summed E-state index contributed by atoms with van der Waals surface area (Å²) >= 11 is 7.39. The third-order valence-electron chi connectivity index (χ3n) is 2.89. The number of nitrogens with zero attached hydrogens (tertiary/aromatic N) is 1. The number of thiophene rings is 1. The van der Waals surface area contributed by atoms with Gasteiger partial charge in [-0.05, 0) is 31.5 Å². The number of aliphatic carboxylic acids is 1. The molecule has 1 aliphatic rings. The fraction of sp³-hybridized carbons (Fsp3) is 0.545. The zero-order valence-electron chi connectivity index (χ0n) is 8.86. The summed E-state index contributed by atoms with van der Waals surface area (Å²) in [6.45, 7) is 1.57. The topological polar surface area (TPSA) is 40.5 Å². The van der Waals surface area contributed by atoms with E-state index in [2.05, 4.69) is 0 Å². The van der Waals surface area contributed by atoms with Crippen molar-refractivity contribution < 1.29 is 9.90 Å². The van der Waals surface area contributed by atoms with Gasteiger partial charge in [-0.15, -0.1) is 11.3 Å². The van der Waals surface area contributed by atoms with E-state index in [1.807, 2.05) is 17.0 Å². The van der Waals surface area contributed by atoms with Crippen LogP contribution in [0.1, 0.15) is 24.1 Å². The van der Waals surface area contributed by atoms with Crippen LogP contribution in [-0.4, -0.2) is 28.6 Å². The molecule has 1 aromatic heterocycles. The Kier molecular flexibility index (Phi) is 3.84. The van der Waals surface area contributed by atoms with Gasteiger partial charge in [0.15, 0.2) is 0 Å². The molecular formula is C11H14ClNO2S. The van der Waals surface area contributed by atoms with Crippen LogP contribution < -0.4 is 0 Å². The number of hydrogen-bond acceptors (Lipinski definition) is 3. The maximum Gasteiger partial charge on any atom is 0.320 e. The van der Waals surface area contributed by atoms with Crippen LogP contribution in [0.4, 0.5) is 0 Å². The SMILES string of the molecule is O=C(O)C1CCCCN1Cc1ccc(Cl)s1. The van der Waals surface area contributed by atoms with E-state index in [1.54, 1.807) is 0 Å². The normalized spacial score (nSPS) is 22.2. The minimum absolute atomic E-state index is 0.324. The second-order valence-electron chi connectivity index (χ2n) is 4.03. The van der Waals surface area contributed by atoms with Crippen LogP contribution in [-0.2, 0) is 11.3 Å². The standard InChI is InChI=1S/C11H14ClNO2S/c12-10-5-4-8(16-10)7-13-6-2-1-3-9(13)11(14)15/h4-5,9H,1-3,6-7H2,(H,14,15). The zero-order chi connectivity index (χ0) is 11.5. The van der Waals surface area contributed by atoms with Gasteiger partial charge in [-0.1, -0.05) is 18.0 Å². The van der Waals surface area contributed by atoms with Crippen molar-refractivity contribution in [2.24, 2.45) is 0 Å². The highest BCUT2D eigenvalue weighted by atomic mass is 35.5. The summed E-state index contributed by atoms with van der Waals surface area (Å²) in [5, 5.41) is 9.13. The maximum atomic E-state index is 11.1. The molecule has 1 saturated heterocycles. The Labute approximate surface area is 104 Å². The lowest BCUT2D eigenvalue weighted by molar-refractivity contribution is -0.144. The fourth-order valence-corrected chi connectivity index (χ4v) is 3.21. The second-order valence-corrected chi connectivity index (χ2v) is 5.83. The van der Waals surface area contributed by atoms with Crippen molar-refractivity contribution in [1.29, 1.82) is 0 Å². The lowest BCUT2D eigenvalue weighted by Crippen LogP contribution is -2.43.